The largest absolute Gasteiger partial charge is 0.358 e. The number of amides is 1. The number of carbonyl (C=O) groups excluding carboxylic acids is 1. The molecule has 100 valence electrons. The number of carbonyl (C=O) groups is 1. The zero-order chi connectivity index (χ0) is 12.8. The van der Waals surface area contributed by atoms with Crippen molar-refractivity contribution >= 4 is 5.91 Å². The third-order valence-corrected chi connectivity index (χ3v) is 3.16. The highest BCUT2D eigenvalue weighted by Gasteiger charge is 2.22. The summed E-state index contributed by atoms with van der Waals surface area (Å²) >= 11 is 0. The van der Waals surface area contributed by atoms with Gasteiger partial charge in [0.05, 0.1) is 6.04 Å². The summed E-state index contributed by atoms with van der Waals surface area (Å²) in [6, 6.07) is -0.0649. The molecule has 1 aliphatic heterocycles. The maximum Gasteiger partial charge on any atom is 0.236 e. The van der Waals surface area contributed by atoms with Crippen molar-refractivity contribution in [2.24, 2.45) is 17.2 Å². The summed E-state index contributed by atoms with van der Waals surface area (Å²) in [5, 5.41) is 2.55. The molecule has 1 heterocycles. The predicted octanol–water partition coefficient (Wildman–Crippen LogP) is -1.80. The molecule has 0 aromatic heterocycles. The van der Waals surface area contributed by atoms with Gasteiger partial charge in [0.15, 0.2) is 0 Å². The minimum atomic E-state index is -0.410. The van der Waals surface area contributed by atoms with Gasteiger partial charge < -0.3 is 27.4 Å². The molecule has 0 aromatic rings. The van der Waals surface area contributed by atoms with E-state index in [-0.39, 0.29) is 18.0 Å². The summed E-state index contributed by atoms with van der Waals surface area (Å²) in [5.74, 6) is -0.1000. The highest BCUT2D eigenvalue weighted by molar-refractivity contribution is 5.81. The summed E-state index contributed by atoms with van der Waals surface area (Å²) < 4.78 is 0. The normalized spacial score (nSPS) is 27.8. The lowest BCUT2D eigenvalue weighted by atomic mass is 10.0. The van der Waals surface area contributed by atoms with E-state index in [9.17, 15) is 4.79 Å². The quantitative estimate of drug-likeness (QED) is 0.455. The van der Waals surface area contributed by atoms with Crippen LogP contribution in [0.3, 0.4) is 0 Å². The number of nitrogens with zero attached hydrogens (tertiary/aromatic N) is 1. The van der Waals surface area contributed by atoms with Crippen LogP contribution in [0.15, 0.2) is 0 Å². The number of rotatable bonds is 5. The Labute approximate surface area is 103 Å². The van der Waals surface area contributed by atoms with Crippen LogP contribution >= 0.6 is 0 Å². The fourth-order valence-electron chi connectivity index (χ4n) is 2.31. The van der Waals surface area contributed by atoms with Crippen LogP contribution in [-0.2, 0) is 4.79 Å². The SMILES string of the molecule is CNC(=O)C(N)CCCN1CC(N)CC(N)C1. The Balaban J connectivity index is 2.20. The average Bonchev–Trinajstić information content (AvgIpc) is 2.26. The first-order chi connectivity index (χ1) is 8.02. The van der Waals surface area contributed by atoms with E-state index in [4.69, 9.17) is 17.2 Å². The molecule has 6 nitrogen and oxygen atoms in total. The molecule has 0 bridgehead atoms. The molecule has 17 heavy (non-hydrogen) atoms. The fraction of sp³-hybridized carbons (Fsp3) is 0.909. The zero-order valence-corrected chi connectivity index (χ0v) is 10.6. The second-order valence-corrected chi connectivity index (χ2v) is 4.88. The predicted molar refractivity (Wildman–Crippen MR) is 68.3 cm³/mol. The van der Waals surface area contributed by atoms with E-state index in [0.29, 0.717) is 6.42 Å². The van der Waals surface area contributed by atoms with Crippen LogP contribution in [-0.4, -0.2) is 55.6 Å². The van der Waals surface area contributed by atoms with Gasteiger partial charge >= 0.3 is 0 Å². The monoisotopic (exact) mass is 243 g/mol. The molecule has 6 heteroatoms. The molecule has 1 fully saturated rings. The summed E-state index contributed by atoms with van der Waals surface area (Å²) in [4.78, 5) is 13.5. The summed E-state index contributed by atoms with van der Waals surface area (Å²) in [6.45, 7) is 2.69. The number of hydrogen-bond acceptors (Lipinski definition) is 5. The van der Waals surface area contributed by atoms with Gasteiger partial charge in [-0.2, -0.15) is 0 Å². The van der Waals surface area contributed by atoms with Crippen molar-refractivity contribution in [2.75, 3.05) is 26.7 Å². The first kappa shape index (κ1) is 14.4. The van der Waals surface area contributed by atoms with Gasteiger partial charge in [-0.1, -0.05) is 0 Å². The van der Waals surface area contributed by atoms with E-state index in [1.807, 2.05) is 0 Å². The van der Waals surface area contributed by atoms with Gasteiger partial charge in [-0.05, 0) is 25.8 Å². The van der Waals surface area contributed by atoms with Crippen molar-refractivity contribution in [2.45, 2.75) is 37.4 Å². The van der Waals surface area contributed by atoms with Crippen LogP contribution in [0.1, 0.15) is 19.3 Å². The smallest absolute Gasteiger partial charge is 0.236 e. The maximum atomic E-state index is 11.2. The van der Waals surface area contributed by atoms with Gasteiger partial charge in [-0.15, -0.1) is 0 Å². The van der Waals surface area contributed by atoms with Crippen molar-refractivity contribution in [1.29, 1.82) is 0 Å². The molecule has 7 N–H and O–H groups in total. The van der Waals surface area contributed by atoms with E-state index in [1.165, 1.54) is 0 Å². The first-order valence-electron chi connectivity index (χ1n) is 6.23. The molecule has 3 unspecified atom stereocenters. The molecule has 0 radical (unpaired) electrons. The molecular weight excluding hydrogens is 218 g/mol. The molecule has 0 saturated carbocycles. The number of nitrogens with one attached hydrogen (secondary N) is 1. The molecule has 0 aliphatic carbocycles. The van der Waals surface area contributed by atoms with E-state index in [1.54, 1.807) is 7.05 Å². The highest BCUT2D eigenvalue weighted by Crippen LogP contribution is 2.09. The number of hydrogen-bond donors (Lipinski definition) is 4. The second-order valence-electron chi connectivity index (χ2n) is 4.88. The fourth-order valence-corrected chi connectivity index (χ4v) is 2.31. The average molecular weight is 243 g/mol. The minimum Gasteiger partial charge on any atom is -0.358 e. The molecule has 1 amide bonds. The molecule has 1 rings (SSSR count). The van der Waals surface area contributed by atoms with Gasteiger partial charge in [-0.25, -0.2) is 0 Å². The lowest BCUT2D eigenvalue weighted by Gasteiger charge is -2.34. The highest BCUT2D eigenvalue weighted by atomic mass is 16.2. The minimum absolute atomic E-state index is 0.1000. The summed E-state index contributed by atoms with van der Waals surface area (Å²) in [5.41, 5.74) is 17.5. The van der Waals surface area contributed by atoms with E-state index >= 15 is 0 Å². The Hall–Kier alpha value is -0.690. The van der Waals surface area contributed by atoms with E-state index < -0.39 is 6.04 Å². The molecule has 1 saturated heterocycles. The molecule has 0 spiro atoms. The van der Waals surface area contributed by atoms with Crippen molar-refractivity contribution in [3.05, 3.63) is 0 Å². The van der Waals surface area contributed by atoms with E-state index in [0.717, 1.165) is 32.5 Å². The van der Waals surface area contributed by atoms with Crippen LogP contribution in [0, 0.1) is 0 Å². The number of nitrogens with two attached hydrogens (primary N) is 3. The number of piperidine rings is 1. The Bertz CT molecular complexity index is 238. The Morgan fingerprint density at radius 1 is 1.41 bits per heavy atom. The molecule has 3 atom stereocenters. The maximum absolute atomic E-state index is 11.2. The summed E-state index contributed by atoms with van der Waals surface area (Å²) in [6.07, 6.45) is 2.49. The van der Waals surface area contributed by atoms with Gasteiger partial charge in [0.1, 0.15) is 0 Å². The third-order valence-electron chi connectivity index (χ3n) is 3.16. The summed E-state index contributed by atoms with van der Waals surface area (Å²) in [7, 11) is 1.60. The Kier molecular flexibility index (Phi) is 5.84. The van der Waals surface area contributed by atoms with Crippen molar-refractivity contribution in [3.8, 4) is 0 Å². The zero-order valence-electron chi connectivity index (χ0n) is 10.6. The van der Waals surface area contributed by atoms with Gasteiger partial charge in [0.25, 0.3) is 0 Å². The van der Waals surface area contributed by atoms with Gasteiger partial charge in [-0.3, -0.25) is 4.79 Å². The van der Waals surface area contributed by atoms with Crippen molar-refractivity contribution in [3.63, 3.8) is 0 Å². The standard InChI is InChI=1S/C11H25N5O/c1-15-11(17)10(14)3-2-4-16-6-8(12)5-9(13)7-16/h8-10H,2-7,12-14H2,1H3,(H,15,17). The van der Waals surface area contributed by atoms with Crippen LogP contribution in [0.2, 0.25) is 0 Å². The van der Waals surface area contributed by atoms with Crippen LogP contribution in [0.5, 0.6) is 0 Å². The Morgan fingerprint density at radius 3 is 2.53 bits per heavy atom. The first-order valence-corrected chi connectivity index (χ1v) is 6.23. The van der Waals surface area contributed by atoms with Crippen LogP contribution < -0.4 is 22.5 Å². The van der Waals surface area contributed by atoms with Crippen LogP contribution in [0.25, 0.3) is 0 Å². The van der Waals surface area contributed by atoms with E-state index in [2.05, 4.69) is 10.2 Å². The lowest BCUT2D eigenvalue weighted by molar-refractivity contribution is -0.122. The number of likely N-dealkylation sites (tertiary alicyclic amines) is 1. The number of likely N-dealkylation sites (N-methyl/N-ethyl adjacent to an activating group) is 1. The van der Waals surface area contributed by atoms with Crippen molar-refractivity contribution in [1.82, 2.24) is 10.2 Å². The third kappa shape index (κ3) is 4.99. The second kappa shape index (κ2) is 6.90. The molecular formula is C11H25N5O. The van der Waals surface area contributed by atoms with Gasteiger partial charge in [0.2, 0.25) is 5.91 Å². The Morgan fingerprint density at radius 2 is 2.00 bits per heavy atom. The topological polar surface area (TPSA) is 110 Å². The van der Waals surface area contributed by atoms with Crippen molar-refractivity contribution < 1.29 is 4.79 Å². The van der Waals surface area contributed by atoms with Crippen LogP contribution in [0.4, 0.5) is 0 Å². The lowest BCUT2D eigenvalue weighted by Crippen LogP contribution is -2.52. The molecule has 0 aromatic carbocycles. The molecule has 1 aliphatic rings. The van der Waals surface area contributed by atoms with Gasteiger partial charge in [0, 0.05) is 32.2 Å².